The normalized spacial score (nSPS) is 23.7. The van der Waals surface area contributed by atoms with Gasteiger partial charge in [0.15, 0.2) is 10.4 Å². The monoisotopic (exact) mass is 280 g/mol. The van der Waals surface area contributed by atoms with Crippen LogP contribution in [0.3, 0.4) is 0 Å². The van der Waals surface area contributed by atoms with Crippen molar-refractivity contribution >= 4 is 23.4 Å². The molecule has 1 unspecified atom stereocenters. The molecule has 2 aromatic heterocycles. The topological polar surface area (TPSA) is 65.0 Å². The third-order valence-corrected chi connectivity index (χ3v) is 3.87. The number of H-pyrrole nitrogens is 1. The average molecular weight is 280 g/mol. The summed E-state index contributed by atoms with van der Waals surface area (Å²) in [6.07, 6.45) is 3.53. The second kappa shape index (κ2) is 4.57. The van der Waals surface area contributed by atoms with E-state index in [4.69, 9.17) is 21.7 Å². The number of fused-ring (bicyclic) bond motifs is 1. The molecule has 1 saturated heterocycles. The van der Waals surface area contributed by atoms with E-state index in [-0.39, 0.29) is 5.54 Å². The van der Waals surface area contributed by atoms with E-state index >= 15 is 0 Å². The Labute approximate surface area is 115 Å². The van der Waals surface area contributed by atoms with Gasteiger partial charge in [-0.05, 0) is 32.0 Å². The summed E-state index contributed by atoms with van der Waals surface area (Å²) >= 11 is 5.44. The van der Waals surface area contributed by atoms with Gasteiger partial charge < -0.3 is 14.5 Å². The summed E-state index contributed by atoms with van der Waals surface area (Å²) in [7, 11) is 1.58. The number of ether oxygens (including phenoxy) is 2. The molecule has 1 aliphatic rings. The minimum atomic E-state index is -0.174. The van der Waals surface area contributed by atoms with E-state index in [0.29, 0.717) is 17.3 Å². The molecule has 0 aromatic carbocycles. The van der Waals surface area contributed by atoms with E-state index in [0.717, 1.165) is 30.6 Å². The number of aromatic amines is 1. The van der Waals surface area contributed by atoms with E-state index in [1.54, 1.807) is 7.11 Å². The van der Waals surface area contributed by atoms with Crippen LogP contribution in [0.2, 0.25) is 0 Å². The molecule has 0 bridgehead atoms. The fraction of sp³-hybridized carbons (Fsp3) is 0.583. The molecule has 1 N–H and O–H groups in total. The van der Waals surface area contributed by atoms with E-state index in [9.17, 15) is 0 Å². The molecule has 0 radical (unpaired) electrons. The number of rotatable bonds is 2. The van der Waals surface area contributed by atoms with Gasteiger partial charge in [-0.15, -0.1) is 0 Å². The molecule has 19 heavy (non-hydrogen) atoms. The highest BCUT2D eigenvalue weighted by Gasteiger charge is 2.32. The third-order valence-electron chi connectivity index (χ3n) is 3.59. The van der Waals surface area contributed by atoms with Gasteiger partial charge in [0.1, 0.15) is 11.8 Å². The molecule has 0 spiro atoms. The van der Waals surface area contributed by atoms with Crippen molar-refractivity contribution in [2.24, 2.45) is 0 Å². The fourth-order valence-corrected chi connectivity index (χ4v) is 3.06. The minimum Gasteiger partial charge on any atom is -0.479 e. The van der Waals surface area contributed by atoms with Crippen LogP contribution in [-0.2, 0) is 10.3 Å². The highest BCUT2D eigenvalue weighted by Crippen LogP contribution is 2.32. The number of hydrogen-bond donors (Lipinski definition) is 1. The van der Waals surface area contributed by atoms with Crippen LogP contribution < -0.4 is 4.74 Å². The SMILES string of the molecule is COc1ncnc2c1[nH]c(=S)n2C1(C)CCCOC1. The maximum atomic E-state index is 5.61. The summed E-state index contributed by atoms with van der Waals surface area (Å²) < 4.78 is 13.5. The van der Waals surface area contributed by atoms with Gasteiger partial charge >= 0.3 is 0 Å². The minimum absolute atomic E-state index is 0.174. The van der Waals surface area contributed by atoms with Gasteiger partial charge in [-0.2, -0.15) is 4.98 Å². The molecule has 7 heteroatoms. The molecule has 6 nitrogen and oxygen atoms in total. The predicted octanol–water partition coefficient (Wildman–Crippen LogP) is 2.02. The lowest BCUT2D eigenvalue weighted by molar-refractivity contribution is 0.0105. The number of hydrogen-bond acceptors (Lipinski definition) is 5. The van der Waals surface area contributed by atoms with E-state index < -0.39 is 0 Å². The van der Waals surface area contributed by atoms with Crippen LogP contribution in [0.15, 0.2) is 6.33 Å². The van der Waals surface area contributed by atoms with E-state index in [1.807, 2.05) is 4.57 Å². The molecular weight excluding hydrogens is 264 g/mol. The summed E-state index contributed by atoms with van der Waals surface area (Å²) in [4.78, 5) is 11.6. The Kier molecular flexibility index (Phi) is 3.02. The van der Waals surface area contributed by atoms with Crippen molar-refractivity contribution in [2.75, 3.05) is 20.3 Å². The van der Waals surface area contributed by atoms with Crippen molar-refractivity contribution < 1.29 is 9.47 Å². The highest BCUT2D eigenvalue weighted by atomic mass is 32.1. The summed E-state index contributed by atoms with van der Waals surface area (Å²) in [6.45, 7) is 3.59. The van der Waals surface area contributed by atoms with Crippen LogP contribution in [0, 0.1) is 4.77 Å². The Hall–Kier alpha value is -1.47. The molecule has 0 aliphatic carbocycles. The second-order valence-corrected chi connectivity index (χ2v) is 5.39. The summed E-state index contributed by atoms with van der Waals surface area (Å²) in [5, 5.41) is 0. The molecule has 1 fully saturated rings. The van der Waals surface area contributed by atoms with E-state index in [1.165, 1.54) is 6.33 Å². The first kappa shape index (κ1) is 12.6. The van der Waals surface area contributed by atoms with Crippen molar-refractivity contribution in [1.29, 1.82) is 0 Å². The Morgan fingerprint density at radius 1 is 1.53 bits per heavy atom. The quantitative estimate of drug-likeness (QED) is 0.853. The molecular formula is C12H16N4O2S. The van der Waals surface area contributed by atoms with Crippen molar-refractivity contribution in [3.63, 3.8) is 0 Å². The standard InChI is InChI=1S/C12H16N4O2S/c1-12(4-3-5-18-6-12)16-9-8(15-11(16)19)10(17-2)14-7-13-9/h7H,3-6H2,1-2H3,(H,15,19). The first-order chi connectivity index (χ1) is 9.15. The highest BCUT2D eigenvalue weighted by molar-refractivity contribution is 7.71. The zero-order valence-electron chi connectivity index (χ0n) is 11.0. The van der Waals surface area contributed by atoms with E-state index in [2.05, 4.69) is 21.9 Å². The number of aromatic nitrogens is 4. The molecule has 1 atom stereocenters. The lowest BCUT2D eigenvalue weighted by Crippen LogP contribution is -2.39. The lowest BCUT2D eigenvalue weighted by atomic mass is 9.94. The van der Waals surface area contributed by atoms with Gasteiger partial charge in [0.25, 0.3) is 0 Å². The zero-order valence-corrected chi connectivity index (χ0v) is 11.8. The Morgan fingerprint density at radius 3 is 3.05 bits per heavy atom. The Bertz CT molecular complexity index is 657. The second-order valence-electron chi connectivity index (χ2n) is 5.00. The first-order valence-corrected chi connectivity index (χ1v) is 6.64. The summed E-state index contributed by atoms with van der Waals surface area (Å²) in [5.41, 5.74) is 1.33. The van der Waals surface area contributed by atoms with Gasteiger partial charge in [0.05, 0.1) is 19.3 Å². The maximum Gasteiger partial charge on any atom is 0.242 e. The average Bonchev–Trinajstić information content (AvgIpc) is 2.76. The van der Waals surface area contributed by atoms with Gasteiger partial charge in [0, 0.05) is 6.61 Å². The number of nitrogens with zero attached hydrogens (tertiary/aromatic N) is 3. The zero-order chi connectivity index (χ0) is 13.5. The maximum absolute atomic E-state index is 5.61. The molecule has 0 saturated carbocycles. The van der Waals surface area contributed by atoms with Gasteiger partial charge in [-0.25, -0.2) is 4.98 Å². The van der Waals surface area contributed by atoms with Crippen LogP contribution in [0.5, 0.6) is 5.88 Å². The molecule has 0 amide bonds. The largest absolute Gasteiger partial charge is 0.479 e. The third kappa shape index (κ3) is 1.93. The van der Waals surface area contributed by atoms with Crippen molar-refractivity contribution in [1.82, 2.24) is 19.5 Å². The van der Waals surface area contributed by atoms with Crippen molar-refractivity contribution in [3.05, 3.63) is 11.1 Å². The molecule has 2 aromatic rings. The molecule has 1 aliphatic heterocycles. The van der Waals surface area contributed by atoms with Gasteiger partial charge in [-0.1, -0.05) is 0 Å². The molecule has 3 heterocycles. The number of imidazole rings is 1. The van der Waals surface area contributed by atoms with Crippen molar-refractivity contribution in [2.45, 2.75) is 25.3 Å². The molecule has 3 rings (SSSR count). The Morgan fingerprint density at radius 2 is 2.37 bits per heavy atom. The number of nitrogens with one attached hydrogen (secondary N) is 1. The van der Waals surface area contributed by atoms with Gasteiger partial charge in [0.2, 0.25) is 5.88 Å². The lowest BCUT2D eigenvalue weighted by Gasteiger charge is -2.34. The number of methoxy groups -OCH3 is 1. The predicted molar refractivity (Wildman–Crippen MR) is 73.0 cm³/mol. The summed E-state index contributed by atoms with van der Waals surface area (Å²) in [5.74, 6) is 0.509. The fourth-order valence-electron chi connectivity index (χ4n) is 2.65. The Balaban J connectivity index is 2.23. The van der Waals surface area contributed by atoms with Crippen LogP contribution in [0.25, 0.3) is 11.2 Å². The summed E-state index contributed by atoms with van der Waals surface area (Å²) in [6, 6.07) is 0. The smallest absolute Gasteiger partial charge is 0.242 e. The van der Waals surface area contributed by atoms with Gasteiger partial charge in [-0.3, -0.25) is 4.57 Å². The molecule has 102 valence electrons. The van der Waals surface area contributed by atoms with Crippen LogP contribution in [0.1, 0.15) is 19.8 Å². The van der Waals surface area contributed by atoms with Crippen LogP contribution in [-0.4, -0.2) is 39.8 Å². The van der Waals surface area contributed by atoms with Crippen LogP contribution in [0.4, 0.5) is 0 Å². The first-order valence-electron chi connectivity index (χ1n) is 6.24. The van der Waals surface area contributed by atoms with Crippen LogP contribution >= 0.6 is 12.2 Å². The van der Waals surface area contributed by atoms with Crippen molar-refractivity contribution in [3.8, 4) is 5.88 Å².